The van der Waals surface area contributed by atoms with Crippen LogP contribution in [0.3, 0.4) is 0 Å². The molecule has 1 fully saturated rings. The highest BCUT2D eigenvalue weighted by atomic mass is 16.5. The van der Waals surface area contributed by atoms with Crippen molar-refractivity contribution in [3.8, 4) is 0 Å². The SMILES string of the molecule is OC(COCc1ccccc1)C1CCCCC1. The van der Waals surface area contributed by atoms with Gasteiger partial charge in [-0.2, -0.15) is 0 Å². The second kappa shape index (κ2) is 6.77. The molecule has 17 heavy (non-hydrogen) atoms. The minimum absolute atomic E-state index is 0.279. The minimum Gasteiger partial charge on any atom is -0.390 e. The van der Waals surface area contributed by atoms with Gasteiger partial charge in [-0.1, -0.05) is 49.6 Å². The molecular weight excluding hydrogens is 212 g/mol. The third-order valence-electron chi connectivity index (χ3n) is 3.59. The molecule has 0 heterocycles. The molecule has 1 aliphatic carbocycles. The second-order valence-corrected chi connectivity index (χ2v) is 4.97. The Balaban J connectivity index is 1.67. The molecule has 2 rings (SSSR count). The van der Waals surface area contributed by atoms with Gasteiger partial charge in [0.25, 0.3) is 0 Å². The average molecular weight is 234 g/mol. The lowest BCUT2D eigenvalue weighted by molar-refractivity contribution is -0.0108. The van der Waals surface area contributed by atoms with Gasteiger partial charge in [0.15, 0.2) is 0 Å². The van der Waals surface area contributed by atoms with Crippen molar-refractivity contribution >= 4 is 0 Å². The van der Waals surface area contributed by atoms with Gasteiger partial charge in [-0.25, -0.2) is 0 Å². The summed E-state index contributed by atoms with van der Waals surface area (Å²) in [6.07, 6.45) is 5.90. The highest BCUT2D eigenvalue weighted by Crippen LogP contribution is 2.26. The van der Waals surface area contributed by atoms with Crippen LogP contribution in [0.25, 0.3) is 0 Å². The summed E-state index contributed by atoms with van der Waals surface area (Å²) < 4.78 is 5.58. The van der Waals surface area contributed by atoms with Crippen LogP contribution in [0.2, 0.25) is 0 Å². The van der Waals surface area contributed by atoms with Crippen LogP contribution in [-0.2, 0) is 11.3 Å². The molecule has 0 amide bonds. The summed E-state index contributed by atoms with van der Waals surface area (Å²) in [4.78, 5) is 0. The van der Waals surface area contributed by atoms with E-state index in [1.54, 1.807) is 0 Å². The molecule has 2 nitrogen and oxygen atoms in total. The van der Waals surface area contributed by atoms with Crippen molar-refractivity contribution in [2.24, 2.45) is 5.92 Å². The van der Waals surface area contributed by atoms with Crippen molar-refractivity contribution in [1.82, 2.24) is 0 Å². The van der Waals surface area contributed by atoms with Crippen molar-refractivity contribution in [2.75, 3.05) is 6.61 Å². The maximum atomic E-state index is 10.0. The largest absolute Gasteiger partial charge is 0.390 e. The van der Waals surface area contributed by atoms with Gasteiger partial charge in [-0.3, -0.25) is 0 Å². The predicted molar refractivity (Wildman–Crippen MR) is 68.7 cm³/mol. The fraction of sp³-hybridized carbons (Fsp3) is 0.600. The molecule has 1 atom stereocenters. The highest BCUT2D eigenvalue weighted by molar-refractivity contribution is 5.13. The van der Waals surface area contributed by atoms with Gasteiger partial charge < -0.3 is 9.84 Å². The highest BCUT2D eigenvalue weighted by Gasteiger charge is 2.21. The summed E-state index contributed by atoms with van der Waals surface area (Å²) in [5.41, 5.74) is 1.17. The molecular formula is C15H22O2. The van der Waals surface area contributed by atoms with Crippen molar-refractivity contribution < 1.29 is 9.84 Å². The third kappa shape index (κ3) is 4.14. The van der Waals surface area contributed by atoms with E-state index in [1.165, 1.54) is 24.8 Å². The van der Waals surface area contributed by atoms with Crippen LogP contribution in [0.1, 0.15) is 37.7 Å². The van der Waals surface area contributed by atoms with E-state index < -0.39 is 0 Å². The fourth-order valence-electron chi connectivity index (χ4n) is 2.53. The Kier molecular flexibility index (Phi) is 5.02. The Morgan fingerprint density at radius 1 is 1.12 bits per heavy atom. The molecule has 2 heteroatoms. The molecule has 1 N–H and O–H groups in total. The van der Waals surface area contributed by atoms with Crippen LogP contribution >= 0.6 is 0 Å². The summed E-state index contributed by atoms with van der Waals surface area (Å²) in [5, 5.41) is 10.0. The molecule has 1 saturated carbocycles. The van der Waals surface area contributed by atoms with E-state index >= 15 is 0 Å². The van der Waals surface area contributed by atoms with Crippen molar-refractivity contribution in [3.05, 3.63) is 35.9 Å². The molecule has 94 valence electrons. The molecule has 1 aromatic rings. The molecule has 0 saturated heterocycles. The maximum absolute atomic E-state index is 10.0. The number of ether oxygens (including phenoxy) is 1. The first-order chi connectivity index (χ1) is 8.36. The number of aliphatic hydroxyl groups is 1. The summed E-state index contributed by atoms with van der Waals surface area (Å²) in [5.74, 6) is 0.458. The zero-order valence-corrected chi connectivity index (χ0v) is 10.3. The quantitative estimate of drug-likeness (QED) is 0.848. The zero-order valence-electron chi connectivity index (χ0n) is 10.3. The smallest absolute Gasteiger partial charge is 0.0801 e. The topological polar surface area (TPSA) is 29.5 Å². The summed E-state index contributed by atoms with van der Waals surface area (Å²) >= 11 is 0. The molecule has 1 aliphatic rings. The first kappa shape index (κ1) is 12.6. The number of hydrogen-bond donors (Lipinski definition) is 1. The summed E-state index contributed by atoms with van der Waals surface area (Å²) in [6, 6.07) is 10.1. The Morgan fingerprint density at radius 3 is 2.53 bits per heavy atom. The lowest BCUT2D eigenvalue weighted by Crippen LogP contribution is -2.27. The predicted octanol–water partition coefficient (Wildman–Crippen LogP) is 3.14. The van der Waals surface area contributed by atoms with Crippen LogP contribution < -0.4 is 0 Å². The van der Waals surface area contributed by atoms with E-state index in [1.807, 2.05) is 30.3 Å². The second-order valence-electron chi connectivity index (χ2n) is 4.97. The Morgan fingerprint density at radius 2 is 1.82 bits per heavy atom. The Hall–Kier alpha value is -0.860. The summed E-state index contributed by atoms with van der Waals surface area (Å²) in [6.45, 7) is 1.07. The van der Waals surface area contributed by atoms with E-state index in [9.17, 15) is 5.11 Å². The normalized spacial score (nSPS) is 19.1. The molecule has 0 aliphatic heterocycles. The number of hydrogen-bond acceptors (Lipinski definition) is 2. The van der Waals surface area contributed by atoms with Gasteiger partial charge in [0.05, 0.1) is 19.3 Å². The fourth-order valence-corrected chi connectivity index (χ4v) is 2.53. The lowest BCUT2D eigenvalue weighted by Gasteiger charge is -2.26. The van der Waals surface area contributed by atoms with Crippen LogP contribution in [0, 0.1) is 5.92 Å². The van der Waals surface area contributed by atoms with E-state index in [0.29, 0.717) is 19.1 Å². The molecule has 0 radical (unpaired) electrons. The number of aliphatic hydroxyl groups excluding tert-OH is 1. The maximum Gasteiger partial charge on any atom is 0.0801 e. The monoisotopic (exact) mass is 234 g/mol. The van der Waals surface area contributed by atoms with Gasteiger partial charge in [-0.05, 0) is 24.3 Å². The first-order valence-electron chi connectivity index (χ1n) is 6.66. The minimum atomic E-state index is -0.279. The van der Waals surface area contributed by atoms with Crippen LogP contribution in [0.5, 0.6) is 0 Å². The molecule has 0 bridgehead atoms. The van der Waals surface area contributed by atoms with Gasteiger partial charge in [-0.15, -0.1) is 0 Å². The van der Waals surface area contributed by atoms with Crippen LogP contribution in [0.4, 0.5) is 0 Å². The molecule has 0 aromatic heterocycles. The van der Waals surface area contributed by atoms with E-state index in [-0.39, 0.29) is 6.10 Å². The van der Waals surface area contributed by atoms with Crippen molar-refractivity contribution in [3.63, 3.8) is 0 Å². The Labute approximate surface area is 104 Å². The molecule has 0 spiro atoms. The van der Waals surface area contributed by atoms with Crippen molar-refractivity contribution in [2.45, 2.75) is 44.8 Å². The molecule has 1 aromatic carbocycles. The third-order valence-corrected chi connectivity index (χ3v) is 3.59. The van der Waals surface area contributed by atoms with Gasteiger partial charge in [0.2, 0.25) is 0 Å². The van der Waals surface area contributed by atoms with Gasteiger partial charge in [0.1, 0.15) is 0 Å². The number of benzene rings is 1. The number of rotatable bonds is 5. The van der Waals surface area contributed by atoms with Gasteiger partial charge in [0, 0.05) is 0 Å². The van der Waals surface area contributed by atoms with Crippen molar-refractivity contribution in [1.29, 1.82) is 0 Å². The lowest BCUT2D eigenvalue weighted by atomic mass is 9.85. The average Bonchev–Trinajstić information content (AvgIpc) is 2.41. The first-order valence-corrected chi connectivity index (χ1v) is 6.66. The van der Waals surface area contributed by atoms with E-state index in [4.69, 9.17) is 4.74 Å². The van der Waals surface area contributed by atoms with Crippen LogP contribution in [0.15, 0.2) is 30.3 Å². The Bertz CT molecular complexity index is 304. The van der Waals surface area contributed by atoms with Crippen LogP contribution in [-0.4, -0.2) is 17.8 Å². The molecule has 1 unspecified atom stereocenters. The standard InChI is InChI=1S/C15H22O2/c16-15(14-9-5-2-6-10-14)12-17-11-13-7-3-1-4-8-13/h1,3-4,7-8,14-16H,2,5-6,9-12H2. The van der Waals surface area contributed by atoms with Gasteiger partial charge >= 0.3 is 0 Å². The van der Waals surface area contributed by atoms with E-state index in [0.717, 1.165) is 12.8 Å². The summed E-state index contributed by atoms with van der Waals surface area (Å²) in [7, 11) is 0. The zero-order chi connectivity index (χ0) is 11.9. The van der Waals surface area contributed by atoms with E-state index in [2.05, 4.69) is 0 Å².